The lowest BCUT2D eigenvalue weighted by Crippen LogP contribution is -2.71. The predicted molar refractivity (Wildman–Crippen MR) is 165 cm³/mol. The molecule has 1 aromatic rings. The normalized spacial score (nSPS) is 34.4. The van der Waals surface area contributed by atoms with Crippen molar-refractivity contribution >= 4 is 35.2 Å². The molecule has 4 aliphatic carbocycles. The van der Waals surface area contributed by atoms with E-state index in [9.17, 15) is 44.4 Å². The zero-order chi connectivity index (χ0) is 34.1. The molecule has 1 aliphatic heterocycles. The Kier molecular flexibility index (Phi) is 8.07. The van der Waals surface area contributed by atoms with Crippen LogP contribution in [0.25, 0.3) is 5.76 Å². The van der Waals surface area contributed by atoms with Crippen LogP contribution in [0.1, 0.15) is 62.5 Å². The molecule has 6 rings (SSSR count). The Balaban J connectivity index is 1.35. The highest BCUT2D eigenvalue weighted by molar-refractivity contribution is 6.24. The van der Waals surface area contributed by atoms with Gasteiger partial charge in [0.2, 0.25) is 5.78 Å². The van der Waals surface area contributed by atoms with E-state index in [1.54, 1.807) is 19.1 Å². The smallest absolute Gasteiger partial charge is 0.315 e. The number of aliphatic hydroxyl groups is 3. The molecule has 0 spiro atoms. The number of phenolic OH excluding ortho intramolecular Hbond substituents is 1. The van der Waals surface area contributed by atoms with Crippen molar-refractivity contribution in [2.45, 2.75) is 81.2 Å². The number of rotatable bonds is 8. The number of ketones is 2. The summed E-state index contributed by atoms with van der Waals surface area (Å²) in [5.74, 6) is -9.59. The van der Waals surface area contributed by atoms with E-state index in [1.165, 1.54) is 25.1 Å². The number of nitrogens with zero attached hydrogens (tertiary/aromatic N) is 1. The maximum absolute atomic E-state index is 14.3. The van der Waals surface area contributed by atoms with Gasteiger partial charge in [-0.05, 0) is 63.2 Å². The molecule has 1 aromatic carbocycles. The third-order valence-electron chi connectivity index (χ3n) is 10.8. The summed E-state index contributed by atoms with van der Waals surface area (Å²) in [6, 6.07) is 3.07. The topological polar surface area (TPSA) is 229 Å². The molecule has 0 bridgehead atoms. The van der Waals surface area contributed by atoms with E-state index in [4.69, 9.17) is 10.5 Å². The van der Waals surface area contributed by atoms with Crippen molar-refractivity contribution in [3.8, 4) is 5.75 Å². The fraction of sp³-hybridized carbons (Fsp3) is 0.545. The van der Waals surface area contributed by atoms with Crippen molar-refractivity contribution in [3.63, 3.8) is 0 Å². The van der Waals surface area contributed by atoms with Gasteiger partial charge in [-0.1, -0.05) is 25.5 Å². The number of carbonyl (C=O) groups excluding carboxylic acids is 5. The Labute approximate surface area is 270 Å². The van der Waals surface area contributed by atoms with E-state index in [1.807, 2.05) is 0 Å². The van der Waals surface area contributed by atoms with Crippen LogP contribution in [0, 0.1) is 17.8 Å². The van der Waals surface area contributed by atoms with Crippen LogP contribution >= 0.6 is 0 Å². The van der Waals surface area contributed by atoms with Crippen LogP contribution in [0.5, 0.6) is 5.75 Å². The van der Waals surface area contributed by atoms with Crippen LogP contribution in [0.4, 0.5) is 4.79 Å². The molecule has 5 aliphatic rings. The third kappa shape index (κ3) is 4.87. The SMILES string of the molecule is C[C@@H]1c2cccc(O)c2C(O)=C2C(=O)[C@@]3(O)C(O)=C(C(N)=O)C(=O)[C@H](N(C)C)[C@H]3[C@H](OC(=O)CCCCC3CCC4NC(=O)NC34)[C@H]21. The lowest BCUT2D eigenvalue weighted by molar-refractivity contribution is -0.185. The van der Waals surface area contributed by atoms with Crippen molar-refractivity contribution in [1.82, 2.24) is 15.5 Å². The number of Topliss-reactive ketones (excluding diaryl/α,β-unsaturated/α-hetero) is 2. The highest BCUT2D eigenvalue weighted by Gasteiger charge is 2.69. The van der Waals surface area contributed by atoms with Gasteiger partial charge in [0.15, 0.2) is 11.4 Å². The summed E-state index contributed by atoms with van der Waals surface area (Å²) >= 11 is 0. The molecule has 3 amide bonds. The monoisotopic (exact) mass is 652 g/mol. The number of urea groups is 1. The maximum atomic E-state index is 14.3. The number of aliphatic hydroxyl groups excluding tert-OH is 2. The maximum Gasteiger partial charge on any atom is 0.315 e. The second kappa shape index (κ2) is 11.7. The van der Waals surface area contributed by atoms with Gasteiger partial charge in [0.1, 0.15) is 28.9 Å². The highest BCUT2D eigenvalue weighted by atomic mass is 16.5. The molecule has 252 valence electrons. The van der Waals surface area contributed by atoms with E-state index in [0.717, 1.165) is 19.3 Å². The van der Waals surface area contributed by atoms with Crippen molar-refractivity contribution in [3.05, 3.63) is 46.2 Å². The first-order valence-electron chi connectivity index (χ1n) is 15.9. The summed E-state index contributed by atoms with van der Waals surface area (Å²) in [5.41, 5.74) is 1.47. The Hall–Kier alpha value is -4.43. The number of esters is 1. The van der Waals surface area contributed by atoms with Gasteiger partial charge >= 0.3 is 12.0 Å². The Morgan fingerprint density at radius 1 is 1.09 bits per heavy atom. The number of nitrogens with two attached hydrogens (primary N) is 1. The third-order valence-corrected chi connectivity index (χ3v) is 10.8. The van der Waals surface area contributed by atoms with Crippen molar-refractivity contribution in [1.29, 1.82) is 0 Å². The van der Waals surface area contributed by atoms with Gasteiger partial charge in [0.25, 0.3) is 5.91 Å². The standard InChI is InChI=1S/C33H40N4O10/c1-13-15-8-6-9-17(38)20(15)26(40)21-19(13)28(47-18(39)10-5-4-7-14-11-12-16-24(14)36-32(45)35-16)23-25(37(2)3)27(41)22(31(34)44)30(43)33(23,46)29(21)42/h6,8-9,13-14,16,19,23-25,28,38,40,43,46H,4-5,7,10-12H2,1-3H3,(H2,34,44)(H2,35,36,45)/t13-,14?,16?,19+,23+,24?,25-,28-,33-/m1/s1. The van der Waals surface area contributed by atoms with E-state index in [2.05, 4.69) is 10.6 Å². The number of hydrogen-bond donors (Lipinski definition) is 7. The first kappa shape index (κ1) is 32.5. The van der Waals surface area contributed by atoms with Crippen LogP contribution in [-0.2, 0) is 23.9 Å². The molecule has 3 fully saturated rings. The van der Waals surface area contributed by atoms with Gasteiger partial charge in [-0.3, -0.25) is 24.1 Å². The van der Waals surface area contributed by atoms with Crippen molar-refractivity contribution < 1.29 is 49.1 Å². The molecule has 14 nitrogen and oxygen atoms in total. The number of primary amides is 1. The van der Waals surface area contributed by atoms with E-state index in [-0.39, 0.29) is 41.8 Å². The molecule has 2 saturated carbocycles. The molecule has 0 radical (unpaired) electrons. The van der Waals surface area contributed by atoms with E-state index in [0.29, 0.717) is 18.4 Å². The lowest BCUT2D eigenvalue weighted by Gasteiger charge is -2.54. The number of phenols is 1. The van der Waals surface area contributed by atoms with Crippen molar-refractivity contribution in [2.24, 2.45) is 23.5 Å². The first-order chi connectivity index (χ1) is 22.2. The summed E-state index contributed by atoms with van der Waals surface area (Å²) in [5, 5.41) is 51.5. The number of ether oxygens (including phenoxy) is 1. The molecule has 1 saturated heterocycles. The van der Waals surface area contributed by atoms with Crippen LogP contribution in [0.3, 0.4) is 0 Å². The van der Waals surface area contributed by atoms with Crippen LogP contribution in [-0.4, -0.2) is 98.7 Å². The first-order valence-corrected chi connectivity index (χ1v) is 15.9. The summed E-state index contributed by atoms with van der Waals surface area (Å²) in [6.45, 7) is 1.71. The van der Waals surface area contributed by atoms with E-state index < -0.39 is 81.6 Å². The van der Waals surface area contributed by atoms with Gasteiger partial charge in [-0.25, -0.2) is 4.79 Å². The minimum Gasteiger partial charge on any atom is -0.508 e. The minimum absolute atomic E-state index is 0.0422. The predicted octanol–water partition coefficient (Wildman–Crippen LogP) is 1.07. The highest BCUT2D eigenvalue weighted by Crippen LogP contribution is 2.57. The van der Waals surface area contributed by atoms with Crippen LogP contribution < -0.4 is 16.4 Å². The summed E-state index contributed by atoms with van der Waals surface area (Å²) in [7, 11) is 2.95. The lowest BCUT2D eigenvalue weighted by atomic mass is 9.54. The molecule has 0 aromatic heterocycles. The number of amides is 3. The Morgan fingerprint density at radius 2 is 1.81 bits per heavy atom. The Morgan fingerprint density at radius 3 is 2.49 bits per heavy atom. The Bertz CT molecular complexity index is 1630. The quantitative estimate of drug-likeness (QED) is 0.119. The van der Waals surface area contributed by atoms with Gasteiger partial charge in [0.05, 0.1) is 29.6 Å². The molecule has 3 unspecified atom stereocenters. The van der Waals surface area contributed by atoms with Gasteiger partial charge in [-0.15, -0.1) is 0 Å². The fourth-order valence-corrected chi connectivity index (χ4v) is 8.72. The van der Waals surface area contributed by atoms with E-state index >= 15 is 0 Å². The zero-order valence-electron chi connectivity index (χ0n) is 26.4. The molecule has 9 atom stereocenters. The van der Waals surface area contributed by atoms with Crippen LogP contribution in [0.15, 0.2) is 35.1 Å². The molecule has 47 heavy (non-hydrogen) atoms. The number of nitrogens with one attached hydrogen (secondary N) is 2. The summed E-state index contributed by atoms with van der Waals surface area (Å²) < 4.78 is 6.08. The number of likely N-dealkylation sites (N-methyl/N-ethyl adjacent to an activating group) is 1. The second-order valence-electron chi connectivity index (χ2n) is 13.6. The largest absolute Gasteiger partial charge is 0.508 e. The fourth-order valence-electron chi connectivity index (χ4n) is 8.72. The summed E-state index contributed by atoms with van der Waals surface area (Å²) in [6.07, 6.45) is 2.22. The minimum atomic E-state index is -2.99. The number of carbonyl (C=O) groups is 5. The number of fused-ring (bicyclic) bond motifs is 4. The van der Waals surface area contributed by atoms with Gasteiger partial charge in [0, 0.05) is 17.9 Å². The average Bonchev–Trinajstić information content (AvgIpc) is 3.55. The molecular weight excluding hydrogens is 612 g/mol. The number of unbranched alkanes of at least 4 members (excludes halogenated alkanes) is 1. The molecule has 8 N–H and O–H groups in total. The second-order valence-corrected chi connectivity index (χ2v) is 13.6. The van der Waals surface area contributed by atoms with Crippen LogP contribution in [0.2, 0.25) is 0 Å². The number of benzene rings is 1. The number of aromatic hydroxyl groups is 1. The summed E-state index contributed by atoms with van der Waals surface area (Å²) in [4.78, 5) is 67.0. The zero-order valence-corrected chi connectivity index (χ0v) is 26.4. The molecule has 14 heteroatoms. The van der Waals surface area contributed by atoms with Gasteiger partial charge in [-0.2, -0.15) is 0 Å². The number of hydrogen-bond acceptors (Lipinski definition) is 11. The molecule has 1 heterocycles. The van der Waals surface area contributed by atoms with Gasteiger partial charge < -0.3 is 41.5 Å². The van der Waals surface area contributed by atoms with Crippen molar-refractivity contribution in [2.75, 3.05) is 14.1 Å². The average molecular weight is 653 g/mol. The molecular formula is C33H40N4O10.